The van der Waals surface area contributed by atoms with Crippen LogP contribution in [0.5, 0.6) is 0 Å². The molecule has 1 N–H and O–H groups in total. The number of hydrogen-bond acceptors (Lipinski definition) is 1. The molecule has 1 rings (SSSR count). The lowest BCUT2D eigenvalue weighted by atomic mass is 9.97. The summed E-state index contributed by atoms with van der Waals surface area (Å²) in [4.78, 5) is 0. The summed E-state index contributed by atoms with van der Waals surface area (Å²) in [5, 5.41) is 4.34. The summed E-state index contributed by atoms with van der Waals surface area (Å²) in [6, 6.07) is 6.45. The van der Waals surface area contributed by atoms with Crippen LogP contribution in [0.15, 0.2) is 18.2 Å². The van der Waals surface area contributed by atoms with Crippen LogP contribution >= 0.6 is 11.6 Å². The molecule has 0 bridgehead atoms. The highest BCUT2D eigenvalue weighted by Crippen LogP contribution is 2.26. The highest BCUT2D eigenvalue weighted by atomic mass is 35.5. The third kappa shape index (κ3) is 4.07. The van der Waals surface area contributed by atoms with Crippen molar-refractivity contribution in [2.45, 2.75) is 39.7 Å². The molecular formula is C15H20ClN. The van der Waals surface area contributed by atoms with E-state index >= 15 is 0 Å². The molecule has 0 spiro atoms. The molecule has 0 heterocycles. The molecule has 1 aromatic carbocycles. The van der Waals surface area contributed by atoms with Gasteiger partial charge in [-0.1, -0.05) is 30.7 Å². The summed E-state index contributed by atoms with van der Waals surface area (Å²) in [7, 11) is 0. The summed E-state index contributed by atoms with van der Waals surface area (Å²) in [5.74, 6) is 6.06. The third-order valence-electron chi connectivity index (χ3n) is 2.87. The van der Waals surface area contributed by atoms with Crippen molar-refractivity contribution in [3.05, 3.63) is 34.3 Å². The van der Waals surface area contributed by atoms with E-state index in [0.717, 1.165) is 24.4 Å². The average Bonchev–Trinajstić information content (AvgIpc) is 2.32. The molecule has 0 aromatic heterocycles. The van der Waals surface area contributed by atoms with Gasteiger partial charge in [0.05, 0.1) is 0 Å². The Balaban J connectivity index is 2.87. The number of rotatable bonds is 5. The maximum absolute atomic E-state index is 6.16. The SMILES string of the molecule is CC#CCCC(NCC)c1cccc(Cl)c1C. The minimum absolute atomic E-state index is 0.347. The highest BCUT2D eigenvalue weighted by Gasteiger charge is 2.13. The van der Waals surface area contributed by atoms with E-state index in [1.54, 1.807) is 0 Å². The summed E-state index contributed by atoms with van der Waals surface area (Å²) >= 11 is 6.16. The van der Waals surface area contributed by atoms with Crippen LogP contribution in [0, 0.1) is 18.8 Å². The average molecular weight is 250 g/mol. The van der Waals surface area contributed by atoms with Crippen molar-refractivity contribution >= 4 is 11.6 Å². The molecule has 0 aliphatic rings. The normalized spacial score (nSPS) is 11.8. The van der Waals surface area contributed by atoms with E-state index in [1.165, 1.54) is 11.1 Å². The topological polar surface area (TPSA) is 12.0 Å². The lowest BCUT2D eigenvalue weighted by molar-refractivity contribution is 0.520. The molecule has 17 heavy (non-hydrogen) atoms. The minimum atomic E-state index is 0.347. The van der Waals surface area contributed by atoms with Crippen LogP contribution < -0.4 is 5.32 Å². The summed E-state index contributed by atoms with van der Waals surface area (Å²) < 4.78 is 0. The lowest BCUT2D eigenvalue weighted by Crippen LogP contribution is -2.21. The van der Waals surface area contributed by atoms with Gasteiger partial charge >= 0.3 is 0 Å². The largest absolute Gasteiger partial charge is 0.310 e. The smallest absolute Gasteiger partial charge is 0.0438 e. The maximum atomic E-state index is 6.16. The zero-order chi connectivity index (χ0) is 12.7. The quantitative estimate of drug-likeness (QED) is 0.775. The Hall–Kier alpha value is -0.970. The summed E-state index contributed by atoms with van der Waals surface area (Å²) in [6.45, 7) is 7.04. The molecule has 0 aliphatic heterocycles. The Bertz CT molecular complexity index is 415. The molecule has 0 aliphatic carbocycles. The van der Waals surface area contributed by atoms with Crippen LogP contribution in [0.4, 0.5) is 0 Å². The molecule has 92 valence electrons. The van der Waals surface area contributed by atoms with E-state index in [0.29, 0.717) is 6.04 Å². The van der Waals surface area contributed by atoms with Crippen LogP contribution in [0.1, 0.15) is 43.9 Å². The van der Waals surface area contributed by atoms with Gasteiger partial charge in [0.15, 0.2) is 0 Å². The molecule has 1 nitrogen and oxygen atoms in total. The second-order valence-corrected chi connectivity index (χ2v) is 4.44. The Morgan fingerprint density at radius 3 is 2.82 bits per heavy atom. The molecule has 1 aromatic rings. The van der Waals surface area contributed by atoms with Gasteiger partial charge in [-0.15, -0.1) is 11.8 Å². The number of benzene rings is 1. The predicted octanol–water partition coefficient (Wildman–Crippen LogP) is 4.10. The summed E-state index contributed by atoms with van der Waals surface area (Å²) in [5.41, 5.74) is 2.46. The Kier molecular flexibility index (Phi) is 6.11. The molecule has 0 amide bonds. The van der Waals surface area contributed by atoms with E-state index in [2.05, 4.69) is 37.1 Å². The molecule has 0 fully saturated rings. The number of hydrogen-bond donors (Lipinski definition) is 1. The first-order valence-corrected chi connectivity index (χ1v) is 6.46. The third-order valence-corrected chi connectivity index (χ3v) is 3.28. The molecule has 1 unspecified atom stereocenters. The van der Waals surface area contributed by atoms with E-state index < -0.39 is 0 Å². The summed E-state index contributed by atoms with van der Waals surface area (Å²) in [6.07, 6.45) is 1.94. The van der Waals surface area contributed by atoms with Crippen LogP contribution in [-0.2, 0) is 0 Å². The maximum Gasteiger partial charge on any atom is 0.0438 e. The van der Waals surface area contributed by atoms with Gasteiger partial charge < -0.3 is 5.32 Å². The Labute approximate surface area is 110 Å². The van der Waals surface area contributed by atoms with Crippen LogP contribution in [0.3, 0.4) is 0 Å². The van der Waals surface area contributed by atoms with Gasteiger partial charge in [0.2, 0.25) is 0 Å². The molecular weight excluding hydrogens is 230 g/mol. The first kappa shape index (κ1) is 14.1. The van der Waals surface area contributed by atoms with E-state index in [1.807, 2.05) is 19.1 Å². The monoisotopic (exact) mass is 249 g/mol. The van der Waals surface area contributed by atoms with E-state index in [-0.39, 0.29) is 0 Å². The van der Waals surface area contributed by atoms with Crippen molar-refractivity contribution in [1.82, 2.24) is 5.32 Å². The molecule has 0 radical (unpaired) electrons. The van der Waals surface area contributed by atoms with E-state index in [4.69, 9.17) is 11.6 Å². The van der Waals surface area contributed by atoms with Crippen molar-refractivity contribution in [3.8, 4) is 11.8 Å². The Morgan fingerprint density at radius 2 is 2.18 bits per heavy atom. The van der Waals surface area contributed by atoms with Crippen LogP contribution in [0.25, 0.3) is 0 Å². The van der Waals surface area contributed by atoms with Gasteiger partial charge in [0.25, 0.3) is 0 Å². The fourth-order valence-electron chi connectivity index (χ4n) is 1.96. The highest BCUT2D eigenvalue weighted by molar-refractivity contribution is 6.31. The lowest BCUT2D eigenvalue weighted by Gasteiger charge is -2.20. The van der Waals surface area contributed by atoms with Gasteiger partial charge in [0.1, 0.15) is 0 Å². The zero-order valence-electron chi connectivity index (χ0n) is 10.8. The Morgan fingerprint density at radius 1 is 1.41 bits per heavy atom. The number of nitrogens with one attached hydrogen (secondary N) is 1. The molecule has 0 saturated heterocycles. The van der Waals surface area contributed by atoms with Gasteiger partial charge in [-0.05, 0) is 44.0 Å². The molecule has 0 saturated carbocycles. The van der Waals surface area contributed by atoms with Crippen molar-refractivity contribution in [2.24, 2.45) is 0 Å². The fourth-order valence-corrected chi connectivity index (χ4v) is 2.14. The van der Waals surface area contributed by atoms with Crippen molar-refractivity contribution in [2.75, 3.05) is 6.54 Å². The predicted molar refractivity (Wildman–Crippen MR) is 75.3 cm³/mol. The van der Waals surface area contributed by atoms with Crippen LogP contribution in [-0.4, -0.2) is 6.54 Å². The standard InChI is InChI=1S/C15H20ClN/c1-4-6-7-11-15(17-5-2)13-9-8-10-14(16)12(13)3/h8-10,15,17H,5,7,11H2,1-3H3. The van der Waals surface area contributed by atoms with E-state index in [9.17, 15) is 0 Å². The first-order valence-electron chi connectivity index (χ1n) is 6.08. The molecule has 2 heteroatoms. The van der Waals surface area contributed by atoms with Gasteiger partial charge in [-0.3, -0.25) is 0 Å². The van der Waals surface area contributed by atoms with Gasteiger partial charge in [0, 0.05) is 17.5 Å². The first-order chi connectivity index (χ1) is 8.20. The fraction of sp³-hybridized carbons (Fsp3) is 0.467. The van der Waals surface area contributed by atoms with Crippen molar-refractivity contribution < 1.29 is 0 Å². The van der Waals surface area contributed by atoms with Gasteiger partial charge in [-0.2, -0.15) is 0 Å². The number of halogens is 1. The van der Waals surface area contributed by atoms with Crippen molar-refractivity contribution in [1.29, 1.82) is 0 Å². The molecule has 1 atom stereocenters. The van der Waals surface area contributed by atoms with Gasteiger partial charge in [-0.25, -0.2) is 0 Å². The van der Waals surface area contributed by atoms with Crippen LogP contribution in [0.2, 0.25) is 5.02 Å². The minimum Gasteiger partial charge on any atom is -0.310 e. The second kappa shape index (κ2) is 7.37. The zero-order valence-corrected chi connectivity index (χ0v) is 11.6. The second-order valence-electron chi connectivity index (χ2n) is 4.03. The van der Waals surface area contributed by atoms with Crippen molar-refractivity contribution in [3.63, 3.8) is 0 Å².